The van der Waals surface area contributed by atoms with Crippen LogP contribution in [0.2, 0.25) is 0 Å². The topological polar surface area (TPSA) is 121 Å². The number of ketones is 1. The summed E-state index contributed by atoms with van der Waals surface area (Å²) >= 11 is 0. The Kier molecular flexibility index (Phi) is 4.85. The number of aromatic nitrogens is 1. The molecule has 1 aliphatic rings. The number of hydrogen-bond donors (Lipinski definition) is 1. The molecule has 3 aromatic rings. The van der Waals surface area contributed by atoms with E-state index < -0.39 is 22.6 Å². The zero-order chi connectivity index (χ0) is 21.3. The average molecular weight is 405 g/mol. The van der Waals surface area contributed by atoms with Gasteiger partial charge in [0, 0.05) is 41.9 Å². The lowest BCUT2D eigenvalue weighted by Gasteiger charge is -2.05. The number of ether oxygens (including phenoxy) is 1. The van der Waals surface area contributed by atoms with Gasteiger partial charge >= 0.3 is 5.97 Å². The van der Waals surface area contributed by atoms with Crippen molar-refractivity contribution in [2.75, 3.05) is 6.61 Å². The van der Waals surface area contributed by atoms with Crippen LogP contribution in [-0.4, -0.2) is 33.8 Å². The van der Waals surface area contributed by atoms with E-state index in [2.05, 4.69) is 5.32 Å². The molecule has 4 rings (SSSR count). The van der Waals surface area contributed by atoms with Crippen molar-refractivity contribution in [1.29, 1.82) is 0 Å². The van der Waals surface area contributed by atoms with Crippen molar-refractivity contribution in [3.63, 3.8) is 0 Å². The van der Waals surface area contributed by atoms with Crippen LogP contribution in [0.1, 0.15) is 15.9 Å². The van der Waals surface area contributed by atoms with Gasteiger partial charge in [-0.05, 0) is 11.6 Å². The Morgan fingerprint density at radius 2 is 1.87 bits per heavy atom. The Morgan fingerprint density at radius 3 is 2.53 bits per heavy atom. The minimum absolute atomic E-state index is 0.00710. The summed E-state index contributed by atoms with van der Waals surface area (Å²) in [6.07, 6.45) is 2.71. The average Bonchev–Trinajstić information content (AvgIpc) is 3.31. The third kappa shape index (κ3) is 3.68. The Labute approximate surface area is 169 Å². The molecule has 0 fully saturated rings. The van der Waals surface area contributed by atoms with Crippen molar-refractivity contribution in [2.24, 2.45) is 0 Å². The van der Waals surface area contributed by atoms with Crippen molar-refractivity contribution in [1.82, 2.24) is 9.88 Å². The maximum Gasteiger partial charge on any atom is 0.333 e. The summed E-state index contributed by atoms with van der Waals surface area (Å²) in [6.45, 7) is 0.278. The fourth-order valence-electron chi connectivity index (χ4n) is 3.25. The monoisotopic (exact) mass is 405 g/mol. The molecule has 9 nitrogen and oxygen atoms in total. The SMILES string of the molecule is O=C1C=C(NC(=O)C(=O)c2cn(Cc3ccc([N+](=O)[O-])cc3)c3ccccc23)CO1. The first-order valence-corrected chi connectivity index (χ1v) is 8.96. The second kappa shape index (κ2) is 7.63. The van der Waals surface area contributed by atoms with E-state index in [1.165, 1.54) is 12.1 Å². The molecule has 2 heterocycles. The quantitative estimate of drug-likeness (QED) is 0.221. The molecule has 0 radical (unpaired) electrons. The molecule has 0 spiro atoms. The first-order chi connectivity index (χ1) is 14.4. The Bertz CT molecular complexity index is 1220. The van der Waals surface area contributed by atoms with Gasteiger partial charge in [-0.1, -0.05) is 30.3 Å². The van der Waals surface area contributed by atoms with Crippen LogP contribution in [0.15, 0.2) is 66.5 Å². The van der Waals surface area contributed by atoms with Crippen LogP contribution in [0.4, 0.5) is 5.69 Å². The highest BCUT2D eigenvalue weighted by atomic mass is 16.6. The number of fused-ring (bicyclic) bond motifs is 1. The van der Waals surface area contributed by atoms with Crippen molar-refractivity contribution < 1.29 is 24.0 Å². The molecule has 0 saturated carbocycles. The molecule has 1 aliphatic heterocycles. The van der Waals surface area contributed by atoms with E-state index in [0.717, 1.165) is 17.2 Å². The first-order valence-electron chi connectivity index (χ1n) is 8.96. The maximum atomic E-state index is 12.8. The van der Waals surface area contributed by atoms with Gasteiger partial charge < -0.3 is 14.6 Å². The summed E-state index contributed by atoms with van der Waals surface area (Å²) in [5.41, 5.74) is 1.98. The molecule has 0 unspecified atom stereocenters. The molecule has 0 bridgehead atoms. The van der Waals surface area contributed by atoms with E-state index in [1.807, 2.05) is 12.1 Å². The molecule has 150 valence electrons. The van der Waals surface area contributed by atoms with Crippen LogP contribution in [0.3, 0.4) is 0 Å². The van der Waals surface area contributed by atoms with Gasteiger partial charge in [0.2, 0.25) is 0 Å². The number of non-ortho nitro benzene ring substituents is 1. The van der Waals surface area contributed by atoms with E-state index >= 15 is 0 Å². The highest BCUT2D eigenvalue weighted by Gasteiger charge is 2.24. The van der Waals surface area contributed by atoms with Crippen molar-refractivity contribution >= 4 is 34.3 Å². The molecule has 1 N–H and O–H groups in total. The minimum atomic E-state index is -0.863. The number of nitrogens with one attached hydrogen (secondary N) is 1. The molecule has 30 heavy (non-hydrogen) atoms. The fourth-order valence-corrected chi connectivity index (χ4v) is 3.25. The third-order valence-corrected chi connectivity index (χ3v) is 4.68. The van der Waals surface area contributed by atoms with Crippen LogP contribution in [-0.2, 0) is 20.9 Å². The molecular weight excluding hydrogens is 390 g/mol. The lowest BCUT2D eigenvalue weighted by molar-refractivity contribution is -0.384. The standard InChI is InChI=1S/C21H15N3O6/c25-19-9-14(12-30-19)22-21(27)20(26)17-11-23(18-4-2-1-3-16(17)18)10-13-5-7-15(8-6-13)24(28)29/h1-9,11H,10,12H2,(H,22,27). The van der Waals surface area contributed by atoms with Gasteiger partial charge in [0.05, 0.1) is 16.2 Å². The van der Waals surface area contributed by atoms with Crippen LogP contribution < -0.4 is 5.32 Å². The summed E-state index contributed by atoms with van der Waals surface area (Å²) < 4.78 is 6.52. The van der Waals surface area contributed by atoms with Crippen LogP contribution in [0.5, 0.6) is 0 Å². The van der Waals surface area contributed by atoms with Gasteiger partial charge in [-0.3, -0.25) is 19.7 Å². The van der Waals surface area contributed by atoms with E-state index in [0.29, 0.717) is 11.9 Å². The minimum Gasteiger partial charge on any atom is -0.456 e. The second-order valence-corrected chi connectivity index (χ2v) is 6.67. The van der Waals surface area contributed by atoms with Crippen molar-refractivity contribution in [3.05, 3.63) is 87.7 Å². The zero-order valence-electron chi connectivity index (χ0n) is 15.5. The fraction of sp³-hybridized carbons (Fsp3) is 0.0952. The van der Waals surface area contributed by atoms with E-state index in [1.54, 1.807) is 35.0 Å². The van der Waals surface area contributed by atoms with Crippen LogP contribution >= 0.6 is 0 Å². The van der Waals surface area contributed by atoms with Gasteiger partial charge in [0.1, 0.15) is 6.61 Å². The second-order valence-electron chi connectivity index (χ2n) is 6.67. The Balaban J connectivity index is 1.62. The van der Waals surface area contributed by atoms with Gasteiger partial charge in [-0.2, -0.15) is 0 Å². The number of carbonyl (C=O) groups is 3. The number of para-hydroxylation sites is 1. The number of nitrogens with zero attached hydrogens (tertiary/aromatic N) is 2. The van der Waals surface area contributed by atoms with Gasteiger partial charge in [-0.25, -0.2) is 4.79 Å². The van der Waals surface area contributed by atoms with Crippen LogP contribution in [0, 0.1) is 10.1 Å². The van der Waals surface area contributed by atoms with E-state index in [4.69, 9.17) is 4.74 Å². The molecular formula is C21H15N3O6. The molecule has 1 aromatic heterocycles. The van der Waals surface area contributed by atoms with Crippen molar-refractivity contribution in [3.8, 4) is 0 Å². The molecule has 0 aliphatic carbocycles. The van der Waals surface area contributed by atoms with Gasteiger partial charge in [-0.15, -0.1) is 0 Å². The number of nitro benzene ring substituents is 1. The molecule has 0 saturated heterocycles. The smallest absolute Gasteiger partial charge is 0.333 e. The number of benzene rings is 2. The lowest BCUT2D eigenvalue weighted by atomic mass is 10.1. The zero-order valence-corrected chi connectivity index (χ0v) is 15.5. The summed E-state index contributed by atoms with van der Waals surface area (Å²) in [4.78, 5) is 46.6. The molecule has 2 aromatic carbocycles. The number of amides is 1. The van der Waals surface area contributed by atoms with Gasteiger partial charge in [0.15, 0.2) is 0 Å². The molecule has 1 amide bonds. The summed E-state index contributed by atoms with van der Waals surface area (Å²) in [5.74, 6) is -2.18. The number of nitro groups is 1. The van der Waals surface area contributed by atoms with Gasteiger partial charge in [0.25, 0.3) is 17.4 Å². The predicted octanol–water partition coefficient (Wildman–Crippen LogP) is 2.34. The first kappa shape index (κ1) is 19.1. The largest absolute Gasteiger partial charge is 0.456 e. The highest BCUT2D eigenvalue weighted by Crippen LogP contribution is 2.24. The number of hydrogen-bond acceptors (Lipinski definition) is 6. The molecule has 0 atom stereocenters. The number of rotatable bonds is 6. The Morgan fingerprint density at radius 1 is 1.13 bits per heavy atom. The summed E-state index contributed by atoms with van der Waals surface area (Å²) in [6, 6.07) is 13.3. The number of carbonyl (C=O) groups excluding carboxylic acids is 3. The normalized spacial score (nSPS) is 13.1. The highest BCUT2D eigenvalue weighted by molar-refractivity contribution is 6.45. The molecule has 9 heteroatoms. The third-order valence-electron chi connectivity index (χ3n) is 4.68. The number of esters is 1. The maximum absolute atomic E-state index is 12.8. The van der Waals surface area contributed by atoms with Crippen LogP contribution in [0.25, 0.3) is 10.9 Å². The van der Waals surface area contributed by atoms with Crippen molar-refractivity contribution in [2.45, 2.75) is 6.54 Å². The number of Topliss-reactive ketones (excluding diaryl/α,β-unsaturated/α-hetero) is 1. The summed E-state index contributed by atoms with van der Waals surface area (Å²) in [7, 11) is 0. The number of cyclic esters (lactones) is 1. The van der Waals surface area contributed by atoms with E-state index in [9.17, 15) is 24.5 Å². The lowest BCUT2D eigenvalue weighted by Crippen LogP contribution is -2.31. The summed E-state index contributed by atoms with van der Waals surface area (Å²) in [5, 5.41) is 13.8. The van der Waals surface area contributed by atoms with E-state index in [-0.39, 0.29) is 23.6 Å². The Hall–Kier alpha value is -4.27. The predicted molar refractivity (Wildman–Crippen MR) is 106 cm³/mol.